The summed E-state index contributed by atoms with van der Waals surface area (Å²) in [5.41, 5.74) is 3.38. The maximum Gasteiger partial charge on any atom is 0.269 e. The smallest absolute Gasteiger partial charge is 0.269 e. The summed E-state index contributed by atoms with van der Waals surface area (Å²) in [5, 5.41) is 21.1. The topological polar surface area (TPSA) is 92.9 Å². The number of fused-ring (bicyclic) bond motifs is 1. The first-order valence-corrected chi connectivity index (χ1v) is 10.7. The summed E-state index contributed by atoms with van der Waals surface area (Å²) in [7, 11) is 1.57. The lowest BCUT2D eigenvalue weighted by molar-refractivity contribution is -0.384. The van der Waals surface area contributed by atoms with Crippen LogP contribution in [-0.2, 0) is 4.79 Å². The fraction of sp³-hybridized carbons (Fsp3) is 0.192. The van der Waals surface area contributed by atoms with Crippen LogP contribution in [0.1, 0.15) is 36.1 Å². The Morgan fingerprint density at radius 2 is 1.82 bits per heavy atom. The average Bonchev–Trinajstić information content (AvgIpc) is 2.84. The molecule has 0 amide bonds. The van der Waals surface area contributed by atoms with E-state index in [0.717, 1.165) is 16.8 Å². The average molecular weight is 462 g/mol. The predicted molar refractivity (Wildman–Crippen MR) is 127 cm³/mol. The third kappa shape index (κ3) is 4.53. The highest BCUT2D eigenvalue weighted by Crippen LogP contribution is 2.44. The van der Waals surface area contributed by atoms with Crippen molar-refractivity contribution in [3.63, 3.8) is 0 Å². The maximum atomic E-state index is 14.3. The monoisotopic (exact) mass is 462 g/mol. The van der Waals surface area contributed by atoms with Crippen molar-refractivity contribution < 1.29 is 24.0 Å². The van der Waals surface area contributed by atoms with Crippen molar-refractivity contribution in [2.75, 3.05) is 12.0 Å². The van der Waals surface area contributed by atoms with E-state index in [9.17, 15) is 24.4 Å². The van der Waals surface area contributed by atoms with Crippen LogP contribution in [0.5, 0.6) is 5.75 Å². The first-order chi connectivity index (χ1) is 16.3. The van der Waals surface area contributed by atoms with Gasteiger partial charge < -0.3 is 14.7 Å². The van der Waals surface area contributed by atoms with Gasteiger partial charge in [0.05, 0.1) is 18.1 Å². The summed E-state index contributed by atoms with van der Waals surface area (Å²) in [6.07, 6.45) is 0.617. The van der Waals surface area contributed by atoms with Gasteiger partial charge in [-0.15, -0.1) is 0 Å². The van der Waals surface area contributed by atoms with E-state index in [1.54, 1.807) is 37.4 Å². The number of ether oxygens (including phenoxy) is 1. The Labute approximate surface area is 195 Å². The van der Waals surface area contributed by atoms with E-state index in [-0.39, 0.29) is 12.1 Å². The van der Waals surface area contributed by atoms with E-state index in [4.69, 9.17) is 4.74 Å². The molecule has 0 aromatic heterocycles. The van der Waals surface area contributed by atoms with Crippen molar-refractivity contribution >= 4 is 28.9 Å². The molecule has 2 atom stereocenters. The number of carbonyl (C=O) groups excluding carboxylic acids is 1. The van der Waals surface area contributed by atoms with E-state index in [1.807, 2.05) is 23.1 Å². The van der Waals surface area contributed by atoms with Gasteiger partial charge in [-0.25, -0.2) is 4.39 Å². The van der Waals surface area contributed by atoms with Crippen molar-refractivity contribution in [2.45, 2.75) is 25.5 Å². The highest BCUT2D eigenvalue weighted by Gasteiger charge is 2.33. The summed E-state index contributed by atoms with van der Waals surface area (Å²) < 4.78 is 19.5. The molecule has 1 N–H and O–H groups in total. The van der Waals surface area contributed by atoms with Crippen LogP contribution in [0.4, 0.5) is 15.8 Å². The summed E-state index contributed by atoms with van der Waals surface area (Å²) in [6.45, 7) is 1.40. The van der Waals surface area contributed by atoms with Crippen molar-refractivity contribution in [1.29, 1.82) is 0 Å². The second-order valence-corrected chi connectivity index (χ2v) is 8.04. The zero-order valence-electron chi connectivity index (χ0n) is 18.6. The number of aliphatic hydroxyl groups is 1. The van der Waals surface area contributed by atoms with Gasteiger partial charge in [-0.3, -0.25) is 14.9 Å². The molecule has 1 aliphatic rings. The lowest BCUT2D eigenvalue weighted by atomic mass is 9.87. The lowest BCUT2D eigenvalue weighted by Crippen LogP contribution is -2.34. The molecule has 174 valence electrons. The molecule has 3 aromatic rings. The number of non-ortho nitro benzene ring substituents is 1. The number of nitro groups is 1. The first kappa shape index (κ1) is 23.1. The first-order valence-electron chi connectivity index (χ1n) is 10.7. The minimum atomic E-state index is -1.19. The zero-order valence-corrected chi connectivity index (χ0v) is 18.6. The minimum absolute atomic E-state index is 0.0706. The molecule has 8 heteroatoms. The highest BCUT2D eigenvalue weighted by atomic mass is 19.1. The van der Waals surface area contributed by atoms with Crippen molar-refractivity contribution in [2.24, 2.45) is 0 Å². The Bertz CT molecular complexity index is 1250. The Morgan fingerprint density at radius 1 is 1.15 bits per heavy atom. The standard InChI is InChI=1S/C26H23FN2O5/c1-16(30)26(31)15-25-23-14-19(27)6-3-18(23)13-24(17-4-11-22(34-2)12-5-17)28(25)20-7-9-21(10-8-20)29(32)33/h3-14,16,25,30H,15H2,1-2H3. The molecule has 0 aliphatic carbocycles. The maximum absolute atomic E-state index is 14.3. The molecule has 0 fully saturated rings. The Kier molecular flexibility index (Phi) is 6.43. The molecular formula is C26H23FN2O5. The summed E-state index contributed by atoms with van der Waals surface area (Å²) in [5.74, 6) is -0.174. The van der Waals surface area contributed by atoms with Crippen LogP contribution in [-0.4, -0.2) is 29.0 Å². The number of hydrogen-bond acceptors (Lipinski definition) is 6. The van der Waals surface area contributed by atoms with Gasteiger partial charge in [-0.05, 0) is 78.2 Å². The van der Waals surface area contributed by atoms with E-state index in [0.29, 0.717) is 17.0 Å². The number of nitrogens with zero attached hydrogens (tertiary/aromatic N) is 2. The fourth-order valence-corrected chi connectivity index (χ4v) is 4.09. The summed E-state index contributed by atoms with van der Waals surface area (Å²) in [4.78, 5) is 25.2. The van der Waals surface area contributed by atoms with Gasteiger partial charge in [0.15, 0.2) is 5.78 Å². The molecule has 0 saturated heterocycles. The Balaban J connectivity index is 1.92. The molecule has 34 heavy (non-hydrogen) atoms. The number of methoxy groups -OCH3 is 1. The van der Waals surface area contributed by atoms with E-state index >= 15 is 0 Å². The van der Waals surface area contributed by atoms with Gasteiger partial charge in [-0.1, -0.05) is 6.07 Å². The number of hydrogen-bond donors (Lipinski definition) is 1. The quantitative estimate of drug-likeness (QED) is 0.386. The van der Waals surface area contributed by atoms with Crippen LogP contribution in [0.25, 0.3) is 11.8 Å². The fourth-order valence-electron chi connectivity index (χ4n) is 4.09. The van der Waals surface area contributed by atoms with Crippen LogP contribution in [0.15, 0.2) is 66.7 Å². The van der Waals surface area contributed by atoms with Crippen molar-refractivity contribution in [1.82, 2.24) is 0 Å². The predicted octanol–water partition coefficient (Wildman–Crippen LogP) is 5.14. The number of halogens is 1. The van der Waals surface area contributed by atoms with Gasteiger partial charge in [-0.2, -0.15) is 0 Å². The molecule has 2 unspecified atom stereocenters. The minimum Gasteiger partial charge on any atom is -0.497 e. The van der Waals surface area contributed by atoms with Crippen LogP contribution in [0.3, 0.4) is 0 Å². The third-order valence-corrected chi connectivity index (χ3v) is 5.86. The normalized spacial score (nSPS) is 15.8. The summed E-state index contributed by atoms with van der Waals surface area (Å²) >= 11 is 0. The highest BCUT2D eigenvalue weighted by molar-refractivity contribution is 5.95. The largest absolute Gasteiger partial charge is 0.497 e. The zero-order chi connectivity index (χ0) is 24.4. The number of benzene rings is 3. The molecule has 0 bridgehead atoms. The van der Waals surface area contributed by atoms with Gasteiger partial charge in [0.25, 0.3) is 5.69 Å². The number of anilines is 1. The number of aliphatic hydroxyl groups excluding tert-OH is 1. The third-order valence-electron chi connectivity index (χ3n) is 5.86. The van der Waals surface area contributed by atoms with E-state index < -0.39 is 28.7 Å². The molecule has 0 spiro atoms. The van der Waals surface area contributed by atoms with Crippen LogP contribution in [0, 0.1) is 15.9 Å². The second kappa shape index (κ2) is 9.44. The van der Waals surface area contributed by atoms with Crippen molar-refractivity contribution in [3.8, 4) is 5.75 Å². The molecule has 3 aromatic carbocycles. The number of ketones is 1. The molecule has 0 saturated carbocycles. The molecule has 7 nitrogen and oxygen atoms in total. The number of carbonyl (C=O) groups is 1. The van der Waals surface area contributed by atoms with E-state index in [2.05, 4.69) is 0 Å². The van der Waals surface area contributed by atoms with Crippen LogP contribution >= 0.6 is 0 Å². The van der Waals surface area contributed by atoms with Crippen LogP contribution in [0.2, 0.25) is 0 Å². The lowest BCUT2D eigenvalue weighted by Gasteiger charge is -2.40. The number of rotatable bonds is 7. The number of nitro benzene ring substituents is 1. The molecule has 1 aliphatic heterocycles. The molecular weight excluding hydrogens is 439 g/mol. The Hall–Kier alpha value is -4.04. The summed E-state index contributed by atoms with van der Waals surface area (Å²) in [6, 6.07) is 17.1. The molecule has 1 heterocycles. The van der Waals surface area contributed by atoms with Gasteiger partial charge in [0, 0.05) is 29.9 Å². The molecule has 4 rings (SSSR count). The van der Waals surface area contributed by atoms with Gasteiger partial charge in [0.1, 0.15) is 17.7 Å². The SMILES string of the molecule is COc1ccc(C2=Cc3ccc(F)cc3C(CC(=O)C(C)O)N2c2ccc([N+](=O)[O-])cc2)cc1. The van der Waals surface area contributed by atoms with Crippen molar-refractivity contribution in [3.05, 3.63) is 99.4 Å². The van der Waals surface area contributed by atoms with Gasteiger partial charge in [0.2, 0.25) is 0 Å². The Morgan fingerprint density at radius 3 is 2.41 bits per heavy atom. The second-order valence-electron chi connectivity index (χ2n) is 8.04. The molecule has 0 radical (unpaired) electrons. The van der Waals surface area contributed by atoms with Crippen LogP contribution < -0.4 is 9.64 Å². The van der Waals surface area contributed by atoms with E-state index in [1.165, 1.54) is 31.2 Å². The van der Waals surface area contributed by atoms with Gasteiger partial charge >= 0.3 is 0 Å². The number of Topliss-reactive ketones (excluding diaryl/α,β-unsaturated/α-hetero) is 1.